The normalized spacial score (nSPS) is 14.7. The van der Waals surface area contributed by atoms with Gasteiger partial charge in [0.15, 0.2) is 5.60 Å². The zero-order chi connectivity index (χ0) is 19.8. The Kier molecular flexibility index (Phi) is 5.19. The molecule has 0 bridgehead atoms. The third-order valence-corrected chi connectivity index (χ3v) is 4.08. The molecule has 0 aliphatic rings. The zero-order valence-electron chi connectivity index (χ0n) is 14.3. The molecule has 2 rings (SSSR count). The van der Waals surface area contributed by atoms with E-state index in [1.807, 2.05) is 0 Å². The molecular formula is C18H18F5NO2. The van der Waals surface area contributed by atoms with Gasteiger partial charge in [0.1, 0.15) is 5.75 Å². The van der Waals surface area contributed by atoms with Crippen LogP contribution < -0.4 is 9.64 Å². The van der Waals surface area contributed by atoms with E-state index >= 15 is 0 Å². The topological polar surface area (TPSA) is 32.7 Å². The third kappa shape index (κ3) is 2.98. The summed E-state index contributed by atoms with van der Waals surface area (Å²) in [5.74, 6) is -5.77. The maximum Gasteiger partial charge on any atom is 0.457 e. The lowest BCUT2D eigenvalue weighted by Crippen LogP contribution is -2.56. The summed E-state index contributed by atoms with van der Waals surface area (Å²) >= 11 is 0. The number of ether oxygens (including phenoxy) is 1. The Hall–Kier alpha value is -2.35. The Morgan fingerprint density at radius 2 is 1.35 bits per heavy atom. The molecule has 142 valence electrons. The molecule has 0 heterocycles. The number of aliphatic hydroxyl groups is 1. The van der Waals surface area contributed by atoms with Gasteiger partial charge in [0.25, 0.3) is 0 Å². The lowest BCUT2D eigenvalue weighted by Gasteiger charge is -2.39. The Morgan fingerprint density at radius 3 is 1.85 bits per heavy atom. The van der Waals surface area contributed by atoms with Crippen molar-refractivity contribution in [1.82, 2.24) is 0 Å². The first kappa shape index (κ1) is 20.0. The fourth-order valence-corrected chi connectivity index (χ4v) is 2.80. The molecule has 0 aliphatic heterocycles. The van der Waals surface area contributed by atoms with Gasteiger partial charge >= 0.3 is 12.1 Å². The predicted molar refractivity (Wildman–Crippen MR) is 87.8 cm³/mol. The summed E-state index contributed by atoms with van der Waals surface area (Å²) < 4.78 is 74.2. The van der Waals surface area contributed by atoms with Crippen LogP contribution in [0, 0.1) is 0 Å². The van der Waals surface area contributed by atoms with E-state index in [1.165, 1.54) is 55.4 Å². The predicted octanol–water partition coefficient (Wildman–Crippen LogP) is 4.19. The van der Waals surface area contributed by atoms with Crippen LogP contribution in [0.1, 0.15) is 11.1 Å². The van der Waals surface area contributed by atoms with E-state index < -0.39 is 28.8 Å². The highest BCUT2D eigenvalue weighted by molar-refractivity contribution is 5.60. The van der Waals surface area contributed by atoms with Gasteiger partial charge in [0.05, 0.1) is 7.11 Å². The van der Waals surface area contributed by atoms with Crippen LogP contribution in [-0.4, -0.2) is 38.4 Å². The highest BCUT2D eigenvalue weighted by atomic mass is 19.4. The molecule has 0 aliphatic carbocycles. The monoisotopic (exact) mass is 375 g/mol. The van der Waals surface area contributed by atoms with Crippen LogP contribution in [0.4, 0.5) is 27.6 Å². The Labute approximate surface area is 147 Å². The Bertz CT molecular complexity index is 776. The van der Waals surface area contributed by atoms with Crippen LogP contribution in [0.2, 0.25) is 0 Å². The maximum absolute atomic E-state index is 14.7. The van der Waals surface area contributed by atoms with Gasteiger partial charge in [-0.2, -0.15) is 22.0 Å². The molecule has 0 saturated heterocycles. The van der Waals surface area contributed by atoms with Crippen LogP contribution >= 0.6 is 0 Å². The number of nitrogens with zero attached hydrogens (tertiary/aromatic N) is 1. The second kappa shape index (κ2) is 6.75. The zero-order valence-corrected chi connectivity index (χ0v) is 14.3. The number of hydrogen-bond acceptors (Lipinski definition) is 3. The van der Waals surface area contributed by atoms with Gasteiger partial charge in [-0.3, -0.25) is 0 Å². The molecule has 1 N–H and O–H groups in total. The van der Waals surface area contributed by atoms with Crippen molar-refractivity contribution in [3.05, 3.63) is 59.7 Å². The lowest BCUT2D eigenvalue weighted by molar-refractivity contribution is -0.336. The Morgan fingerprint density at radius 1 is 0.846 bits per heavy atom. The van der Waals surface area contributed by atoms with E-state index in [0.717, 1.165) is 19.2 Å². The van der Waals surface area contributed by atoms with Crippen molar-refractivity contribution < 1.29 is 31.8 Å². The summed E-state index contributed by atoms with van der Waals surface area (Å²) in [6.45, 7) is 0. The fraction of sp³-hybridized carbons (Fsp3) is 0.333. The number of methoxy groups -OCH3 is 1. The summed E-state index contributed by atoms with van der Waals surface area (Å²) in [6, 6.07) is 10.0. The molecule has 26 heavy (non-hydrogen) atoms. The van der Waals surface area contributed by atoms with Gasteiger partial charge in [-0.15, -0.1) is 0 Å². The molecule has 2 aromatic rings. The average Bonchev–Trinajstić information content (AvgIpc) is 2.59. The van der Waals surface area contributed by atoms with Crippen LogP contribution in [0.5, 0.6) is 5.75 Å². The van der Waals surface area contributed by atoms with Gasteiger partial charge < -0.3 is 14.7 Å². The molecule has 3 nitrogen and oxygen atoms in total. The summed E-state index contributed by atoms with van der Waals surface area (Å²) in [5.41, 5.74) is -4.94. The second-order valence-electron chi connectivity index (χ2n) is 5.89. The summed E-state index contributed by atoms with van der Waals surface area (Å²) in [5, 5.41) is 11.0. The third-order valence-electron chi connectivity index (χ3n) is 4.08. The van der Waals surface area contributed by atoms with Crippen molar-refractivity contribution in [2.45, 2.75) is 17.7 Å². The minimum Gasteiger partial charge on any atom is -0.496 e. The first-order chi connectivity index (χ1) is 12.0. The van der Waals surface area contributed by atoms with E-state index in [4.69, 9.17) is 4.74 Å². The van der Waals surface area contributed by atoms with E-state index in [2.05, 4.69) is 0 Å². The molecule has 0 spiro atoms. The SMILES string of the molecule is COc1ccccc1C(O)(c1ccccc1N(C)C)C(F)(F)C(F)(F)F. The van der Waals surface area contributed by atoms with Crippen LogP contribution in [-0.2, 0) is 5.60 Å². The summed E-state index contributed by atoms with van der Waals surface area (Å²) in [4.78, 5) is 1.35. The van der Waals surface area contributed by atoms with Crippen molar-refractivity contribution in [3.63, 3.8) is 0 Å². The molecule has 0 radical (unpaired) electrons. The molecule has 0 fully saturated rings. The van der Waals surface area contributed by atoms with Crippen molar-refractivity contribution in [1.29, 1.82) is 0 Å². The van der Waals surface area contributed by atoms with Gasteiger partial charge in [-0.25, -0.2) is 0 Å². The average molecular weight is 375 g/mol. The molecular weight excluding hydrogens is 357 g/mol. The van der Waals surface area contributed by atoms with Gasteiger partial charge in [0, 0.05) is 30.9 Å². The van der Waals surface area contributed by atoms with Crippen molar-refractivity contribution >= 4 is 5.69 Å². The van der Waals surface area contributed by atoms with Gasteiger partial charge in [-0.1, -0.05) is 36.4 Å². The maximum atomic E-state index is 14.7. The summed E-state index contributed by atoms with van der Waals surface area (Å²) in [6.07, 6.45) is -6.00. The summed E-state index contributed by atoms with van der Waals surface area (Å²) in [7, 11) is 4.09. The Balaban J connectivity index is 2.94. The second-order valence-corrected chi connectivity index (χ2v) is 5.89. The highest BCUT2D eigenvalue weighted by Gasteiger charge is 2.72. The number of rotatable bonds is 5. The fourth-order valence-electron chi connectivity index (χ4n) is 2.80. The molecule has 2 aromatic carbocycles. The first-order valence-corrected chi connectivity index (χ1v) is 7.55. The van der Waals surface area contributed by atoms with E-state index in [-0.39, 0.29) is 11.4 Å². The highest BCUT2D eigenvalue weighted by Crippen LogP contribution is 2.55. The number of anilines is 1. The molecule has 0 aromatic heterocycles. The van der Waals surface area contributed by atoms with Gasteiger partial charge in [0.2, 0.25) is 0 Å². The lowest BCUT2D eigenvalue weighted by atomic mass is 9.79. The van der Waals surface area contributed by atoms with Crippen molar-refractivity contribution in [3.8, 4) is 5.75 Å². The number of halogens is 5. The minimum atomic E-state index is -6.00. The molecule has 8 heteroatoms. The van der Waals surface area contributed by atoms with E-state index in [0.29, 0.717) is 0 Å². The largest absolute Gasteiger partial charge is 0.496 e. The quantitative estimate of drug-likeness (QED) is 0.796. The number of alkyl halides is 5. The van der Waals surface area contributed by atoms with Crippen LogP contribution in [0.25, 0.3) is 0 Å². The van der Waals surface area contributed by atoms with Crippen molar-refractivity contribution in [2.75, 3.05) is 26.1 Å². The van der Waals surface area contributed by atoms with Crippen LogP contribution in [0.15, 0.2) is 48.5 Å². The molecule has 0 amide bonds. The number of hydrogen-bond donors (Lipinski definition) is 1. The van der Waals surface area contributed by atoms with E-state index in [1.54, 1.807) is 0 Å². The van der Waals surface area contributed by atoms with Crippen LogP contribution in [0.3, 0.4) is 0 Å². The van der Waals surface area contributed by atoms with Crippen molar-refractivity contribution in [2.24, 2.45) is 0 Å². The first-order valence-electron chi connectivity index (χ1n) is 7.55. The molecule has 1 unspecified atom stereocenters. The molecule has 1 atom stereocenters. The standard InChI is InChI=1S/C18H18F5NO2/c1-24(2)14-10-6-4-8-12(14)16(25,17(19,20)18(21,22)23)13-9-5-7-11-15(13)26-3/h4-11,25H,1-3H3. The van der Waals surface area contributed by atoms with E-state index in [9.17, 15) is 27.1 Å². The molecule has 0 saturated carbocycles. The smallest absolute Gasteiger partial charge is 0.457 e. The minimum absolute atomic E-state index is 0.0184. The number of benzene rings is 2. The van der Waals surface area contributed by atoms with Gasteiger partial charge in [-0.05, 0) is 12.1 Å². The number of para-hydroxylation sites is 2.